The Morgan fingerprint density at radius 1 is 1.35 bits per heavy atom. The highest BCUT2D eigenvalue weighted by molar-refractivity contribution is 5.78. The van der Waals surface area contributed by atoms with E-state index in [9.17, 15) is 14.7 Å². The first-order chi connectivity index (χ1) is 7.63. The Balaban J connectivity index is 4.57. The largest absolute Gasteiger partial charge is 0.480 e. The van der Waals surface area contributed by atoms with Gasteiger partial charge in [-0.1, -0.05) is 0 Å². The first kappa shape index (κ1) is 15.9. The average molecular weight is 246 g/mol. The topological polar surface area (TPSA) is 102 Å². The van der Waals surface area contributed by atoms with Gasteiger partial charge in [-0.25, -0.2) is 0 Å². The molecule has 17 heavy (non-hydrogen) atoms. The van der Waals surface area contributed by atoms with Crippen molar-refractivity contribution < 1.29 is 19.4 Å². The monoisotopic (exact) mass is 246 g/mol. The van der Waals surface area contributed by atoms with Gasteiger partial charge in [0, 0.05) is 26.5 Å². The summed E-state index contributed by atoms with van der Waals surface area (Å²) in [5.74, 6) is -1.44. The standard InChI is InChI=1S/C11H22N2O4/c1-10(2,17-4)7-11(3,9(15)16)13-6-5-8(12)14/h13H,5-7H2,1-4H3,(H2,12,14)(H,15,16). The number of amides is 1. The van der Waals surface area contributed by atoms with Crippen molar-refractivity contribution in [3.63, 3.8) is 0 Å². The normalized spacial score (nSPS) is 15.3. The molecule has 0 heterocycles. The Morgan fingerprint density at radius 2 is 1.88 bits per heavy atom. The molecule has 4 N–H and O–H groups in total. The Labute approximate surface area is 102 Å². The minimum absolute atomic E-state index is 0.107. The lowest BCUT2D eigenvalue weighted by molar-refractivity contribution is -0.147. The molecule has 0 aliphatic rings. The van der Waals surface area contributed by atoms with Crippen molar-refractivity contribution in [2.75, 3.05) is 13.7 Å². The molecule has 0 radical (unpaired) electrons. The van der Waals surface area contributed by atoms with Crippen LogP contribution in [0.25, 0.3) is 0 Å². The lowest BCUT2D eigenvalue weighted by Gasteiger charge is -2.34. The molecule has 0 saturated carbocycles. The third-order valence-electron chi connectivity index (χ3n) is 2.69. The van der Waals surface area contributed by atoms with Gasteiger partial charge in [0.2, 0.25) is 5.91 Å². The van der Waals surface area contributed by atoms with Gasteiger partial charge < -0.3 is 20.9 Å². The summed E-state index contributed by atoms with van der Waals surface area (Å²) in [5, 5.41) is 12.1. The van der Waals surface area contributed by atoms with E-state index >= 15 is 0 Å². The van der Waals surface area contributed by atoms with Crippen LogP contribution in [0.2, 0.25) is 0 Å². The number of ether oxygens (including phenoxy) is 1. The summed E-state index contributed by atoms with van der Waals surface area (Å²) >= 11 is 0. The zero-order valence-corrected chi connectivity index (χ0v) is 10.9. The fourth-order valence-corrected chi connectivity index (χ4v) is 1.60. The second-order valence-corrected chi connectivity index (χ2v) is 4.92. The molecule has 0 aromatic carbocycles. The van der Waals surface area contributed by atoms with Crippen molar-refractivity contribution in [3.8, 4) is 0 Å². The molecule has 0 bridgehead atoms. The van der Waals surface area contributed by atoms with Crippen LogP contribution in [0, 0.1) is 0 Å². The van der Waals surface area contributed by atoms with E-state index in [2.05, 4.69) is 5.32 Å². The number of carbonyl (C=O) groups is 2. The van der Waals surface area contributed by atoms with Gasteiger partial charge in [-0.15, -0.1) is 0 Å². The van der Waals surface area contributed by atoms with Gasteiger partial charge in [0.15, 0.2) is 0 Å². The van der Waals surface area contributed by atoms with Crippen LogP contribution >= 0.6 is 0 Å². The molecule has 0 aromatic rings. The van der Waals surface area contributed by atoms with E-state index in [0.29, 0.717) is 0 Å². The van der Waals surface area contributed by atoms with Gasteiger partial charge in [0.1, 0.15) is 5.54 Å². The zero-order chi connectivity index (χ0) is 13.7. The van der Waals surface area contributed by atoms with E-state index in [1.54, 1.807) is 6.92 Å². The highest BCUT2D eigenvalue weighted by Gasteiger charge is 2.38. The highest BCUT2D eigenvalue weighted by atomic mass is 16.5. The number of primary amides is 1. The Bertz CT molecular complexity index is 291. The van der Waals surface area contributed by atoms with Crippen molar-refractivity contribution in [2.24, 2.45) is 5.73 Å². The second kappa shape index (κ2) is 5.97. The first-order valence-corrected chi connectivity index (χ1v) is 5.45. The number of rotatable bonds is 8. The van der Waals surface area contributed by atoms with E-state index in [-0.39, 0.29) is 19.4 Å². The number of hydrogen-bond acceptors (Lipinski definition) is 4. The summed E-state index contributed by atoms with van der Waals surface area (Å²) in [7, 11) is 1.53. The second-order valence-electron chi connectivity index (χ2n) is 4.92. The number of aliphatic carboxylic acids is 1. The van der Waals surface area contributed by atoms with Crippen LogP contribution in [-0.4, -0.2) is 41.8 Å². The molecule has 0 fully saturated rings. The lowest BCUT2D eigenvalue weighted by Crippen LogP contribution is -2.54. The van der Waals surface area contributed by atoms with Gasteiger partial charge in [0.05, 0.1) is 5.60 Å². The van der Waals surface area contributed by atoms with Crippen LogP contribution in [0.4, 0.5) is 0 Å². The van der Waals surface area contributed by atoms with Crippen LogP contribution in [0.3, 0.4) is 0 Å². The zero-order valence-electron chi connectivity index (χ0n) is 10.9. The average Bonchev–Trinajstić information content (AvgIpc) is 2.16. The van der Waals surface area contributed by atoms with E-state index in [1.165, 1.54) is 7.11 Å². The minimum Gasteiger partial charge on any atom is -0.480 e. The van der Waals surface area contributed by atoms with Crippen molar-refractivity contribution in [3.05, 3.63) is 0 Å². The summed E-state index contributed by atoms with van der Waals surface area (Å²) in [5.41, 5.74) is 3.29. The predicted molar refractivity (Wildman–Crippen MR) is 63.6 cm³/mol. The third kappa shape index (κ3) is 5.65. The molecule has 6 heteroatoms. The number of nitrogens with one attached hydrogen (secondary N) is 1. The maximum atomic E-state index is 11.3. The number of carbonyl (C=O) groups excluding carboxylic acids is 1. The van der Waals surface area contributed by atoms with Crippen molar-refractivity contribution in [1.29, 1.82) is 0 Å². The third-order valence-corrected chi connectivity index (χ3v) is 2.69. The Kier molecular flexibility index (Phi) is 5.57. The lowest BCUT2D eigenvalue weighted by atomic mass is 9.87. The van der Waals surface area contributed by atoms with E-state index in [4.69, 9.17) is 10.5 Å². The van der Waals surface area contributed by atoms with Gasteiger partial charge in [-0.05, 0) is 20.8 Å². The summed E-state index contributed by atoms with van der Waals surface area (Å²) in [6.07, 6.45) is 0.390. The molecule has 0 aromatic heterocycles. The molecule has 0 aliphatic heterocycles. The summed E-state index contributed by atoms with van der Waals surface area (Å²) in [6.45, 7) is 5.42. The fraction of sp³-hybridized carbons (Fsp3) is 0.818. The van der Waals surface area contributed by atoms with Gasteiger partial charge in [-0.3, -0.25) is 9.59 Å². The summed E-state index contributed by atoms with van der Waals surface area (Å²) in [6, 6.07) is 0. The first-order valence-electron chi connectivity index (χ1n) is 5.45. The molecule has 0 saturated heterocycles. The van der Waals surface area contributed by atoms with E-state index in [1.807, 2.05) is 13.8 Å². The summed E-state index contributed by atoms with van der Waals surface area (Å²) < 4.78 is 5.22. The van der Waals surface area contributed by atoms with E-state index < -0.39 is 23.0 Å². The van der Waals surface area contributed by atoms with Crippen molar-refractivity contribution in [1.82, 2.24) is 5.32 Å². The number of carboxylic acid groups (broad SMARTS) is 1. The Morgan fingerprint density at radius 3 is 2.24 bits per heavy atom. The molecular weight excluding hydrogens is 224 g/mol. The van der Waals surface area contributed by atoms with Gasteiger partial charge in [-0.2, -0.15) is 0 Å². The molecule has 1 amide bonds. The predicted octanol–water partition coefficient (Wildman–Crippen LogP) is 0.110. The smallest absolute Gasteiger partial charge is 0.323 e. The fourth-order valence-electron chi connectivity index (χ4n) is 1.60. The van der Waals surface area contributed by atoms with Crippen LogP contribution < -0.4 is 11.1 Å². The number of nitrogens with two attached hydrogens (primary N) is 1. The van der Waals surface area contributed by atoms with Gasteiger partial charge in [0.25, 0.3) is 0 Å². The molecule has 0 spiro atoms. The van der Waals surface area contributed by atoms with E-state index in [0.717, 1.165) is 0 Å². The van der Waals surface area contributed by atoms with Crippen LogP contribution in [0.5, 0.6) is 0 Å². The van der Waals surface area contributed by atoms with Crippen molar-refractivity contribution in [2.45, 2.75) is 44.8 Å². The number of hydrogen-bond donors (Lipinski definition) is 3. The van der Waals surface area contributed by atoms with Crippen LogP contribution in [0.1, 0.15) is 33.6 Å². The molecule has 0 rings (SSSR count). The van der Waals surface area contributed by atoms with Crippen molar-refractivity contribution >= 4 is 11.9 Å². The molecule has 6 nitrogen and oxygen atoms in total. The maximum Gasteiger partial charge on any atom is 0.323 e. The maximum absolute atomic E-state index is 11.3. The van der Waals surface area contributed by atoms with Crippen LogP contribution in [-0.2, 0) is 14.3 Å². The number of carboxylic acids is 1. The molecule has 1 atom stereocenters. The summed E-state index contributed by atoms with van der Waals surface area (Å²) in [4.78, 5) is 21.9. The van der Waals surface area contributed by atoms with Gasteiger partial charge >= 0.3 is 5.97 Å². The Hall–Kier alpha value is -1.14. The van der Waals surface area contributed by atoms with Crippen LogP contribution in [0.15, 0.2) is 0 Å². The quantitative estimate of drug-likeness (QED) is 0.564. The molecular formula is C11H22N2O4. The number of methoxy groups -OCH3 is 1. The highest BCUT2D eigenvalue weighted by Crippen LogP contribution is 2.23. The SMILES string of the molecule is COC(C)(C)CC(C)(NCCC(N)=O)C(=O)O. The minimum atomic E-state index is -1.14. The molecule has 0 aliphatic carbocycles. The molecule has 100 valence electrons. The molecule has 1 unspecified atom stereocenters.